The summed E-state index contributed by atoms with van der Waals surface area (Å²) >= 11 is 0. The molecule has 124 valence electrons. The molecule has 0 saturated carbocycles. The maximum atomic E-state index is 12.4. The normalized spacial score (nSPS) is 10.8. The molecule has 3 rings (SSSR count). The van der Waals surface area contributed by atoms with E-state index in [2.05, 4.69) is 4.99 Å². The van der Waals surface area contributed by atoms with E-state index in [1.54, 1.807) is 60.8 Å². The van der Waals surface area contributed by atoms with Crippen molar-refractivity contribution >= 4 is 17.7 Å². The quantitative estimate of drug-likeness (QED) is 0.557. The van der Waals surface area contributed by atoms with E-state index in [1.807, 2.05) is 18.2 Å². The molecule has 4 heteroatoms. The van der Waals surface area contributed by atoms with Crippen LogP contribution in [0.2, 0.25) is 0 Å². The number of aliphatic imine (C=N–C) groups is 1. The second-order valence-electron chi connectivity index (χ2n) is 5.40. The lowest BCUT2D eigenvalue weighted by Crippen LogP contribution is -2.00. The fourth-order valence-corrected chi connectivity index (χ4v) is 2.41. The number of phenolic OH excluding ortho intramolecular Hbond substituents is 1. The molecule has 25 heavy (non-hydrogen) atoms. The van der Waals surface area contributed by atoms with Crippen molar-refractivity contribution in [3.63, 3.8) is 0 Å². The summed E-state index contributed by atoms with van der Waals surface area (Å²) in [6, 6.07) is 21.4. The van der Waals surface area contributed by atoms with Crippen LogP contribution in [-0.4, -0.2) is 24.2 Å². The first kappa shape index (κ1) is 16.5. The standard InChI is InChI=1S/C21H17NO3/c1-25-19-9-5-8-17(21(19)24)14-22-18-12-10-16(11-13-18)20(23)15-6-3-2-4-7-15/h2-14,24H,1H3. The molecule has 0 unspecified atom stereocenters. The highest BCUT2D eigenvalue weighted by Crippen LogP contribution is 2.28. The molecule has 0 heterocycles. The van der Waals surface area contributed by atoms with Gasteiger partial charge in [0.15, 0.2) is 17.3 Å². The van der Waals surface area contributed by atoms with Gasteiger partial charge in [0, 0.05) is 22.9 Å². The Balaban J connectivity index is 1.78. The Labute approximate surface area is 146 Å². The first-order valence-corrected chi connectivity index (χ1v) is 7.79. The lowest BCUT2D eigenvalue weighted by atomic mass is 10.0. The maximum Gasteiger partial charge on any atom is 0.193 e. The van der Waals surface area contributed by atoms with Crippen LogP contribution in [0.1, 0.15) is 21.5 Å². The number of benzene rings is 3. The number of hydrogen-bond acceptors (Lipinski definition) is 4. The van der Waals surface area contributed by atoms with E-state index >= 15 is 0 Å². The number of rotatable bonds is 5. The lowest BCUT2D eigenvalue weighted by molar-refractivity contribution is 0.103. The van der Waals surface area contributed by atoms with Gasteiger partial charge in [-0.25, -0.2) is 0 Å². The average Bonchev–Trinajstić information content (AvgIpc) is 2.68. The summed E-state index contributed by atoms with van der Waals surface area (Å²) < 4.78 is 5.07. The Kier molecular flexibility index (Phi) is 4.90. The average molecular weight is 331 g/mol. The van der Waals surface area contributed by atoms with Gasteiger partial charge in [-0.1, -0.05) is 36.4 Å². The van der Waals surface area contributed by atoms with Crippen LogP contribution in [-0.2, 0) is 0 Å². The maximum absolute atomic E-state index is 12.4. The Morgan fingerprint density at radius 3 is 2.28 bits per heavy atom. The van der Waals surface area contributed by atoms with E-state index in [0.29, 0.717) is 28.1 Å². The molecule has 0 fully saturated rings. The van der Waals surface area contributed by atoms with Crippen molar-refractivity contribution in [2.24, 2.45) is 4.99 Å². The first-order chi connectivity index (χ1) is 12.2. The van der Waals surface area contributed by atoms with Crippen LogP contribution < -0.4 is 4.74 Å². The minimum Gasteiger partial charge on any atom is -0.504 e. The van der Waals surface area contributed by atoms with Gasteiger partial charge in [0.1, 0.15) is 0 Å². The predicted octanol–water partition coefficient (Wildman–Crippen LogP) is 4.38. The molecular weight excluding hydrogens is 314 g/mol. The number of hydrogen-bond donors (Lipinski definition) is 1. The van der Waals surface area contributed by atoms with Gasteiger partial charge >= 0.3 is 0 Å². The third kappa shape index (κ3) is 3.75. The molecule has 0 radical (unpaired) electrons. The largest absolute Gasteiger partial charge is 0.504 e. The molecule has 0 aromatic heterocycles. The van der Waals surface area contributed by atoms with Gasteiger partial charge in [0.05, 0.1) is 12.8 Å². The topological polar surface area (TPSA) is 58.9 Å². The SMILES string of the molecule is COc1cccc(C=Nc2ccc(C(=O)c3ccccc3)cc2)c1O. The molecule has 0 amide bonds. The predicted molar refractivity (Wildman–Crippen MR) is 98.2 cm³/mol. The van der Waals surface area contributed by atoms with Crippen molar-refractivity contribution in [3.05, 3.63) is 89.5 Å². The third-order valence-electron chi connectivity index (χ3n) is 3.77. The van der Waals surface area contributed by atoms with Crippen LogP contribution >= 0.6 is 0 Å². The zero-order valence-corrected chi connectivity index (χ0v) is 13.7. The highest BCUT2D eigenvalue weighted by molar-refractivity contribution is 6.09. The first-order valence-electron chi connectivity index (χ1n) is 7.79. The number of para-hydroxylation sites is 1. The van der Waals surface area contributed by atoms with Gasteiger partial charge in [0.25, 0.3) is 0 Å². The van der Waals surface area contributed by atoms with E-state index in [4.69, 9.17) is 4.74 Å². The van der Waals surface area contributed by atoms with Crippen molar-refractivity contribution in [2.75, 3.05) is 7.11 Å². The van der Waals surface area contributed by atoms with Crippen LogP contribution in [0, 0.1) is 0 Å². The zero-order chi connectivity index (χ0) is 17.6. The van der Waals surface area contributed by atoms with E-state index < -0.39 is 0 Å². The number of nitrogens with zero attached hydrogens (tertiary/aromatic N) is 1. The molecule has 0 spiro atoms. The van der Waals surface area contributed by atoms with Crippen molar-refractivity contribution in [1.82, 2.24) is 0 Å². The molecule has 3 aromatic carbocycles. The lowest BCUT2D eigenvalue weighted by Gasteiger charge is -2.05. The zero-order valence-electron chi connectivity index (χ0n) is 13.7. The van der Waals surface area contributed by atoms with E-state index in [0.717, 1.165) is 0 Å². The van der Waals surface area contributed by atoms with E-state index in [-0.39, 0.29) is 11.5 Å². The van der Waals surface area contributed by atoms with Gasteiger partial charge in [0.2, 0.25) is 0 Å². The fourth-order valence-electron chi connectivity index (χ4n) is 2.41. The molecule has 0 saturated heterocycles. The highest BCUT2D eigenvalue weighted by Gasteiger charge is 2.08. The van der Waals surface area contributed by atoms with Crippen molar-refractivity contribution in [3.8, 4) is 11.5 Å². The van der Waals surface area contributed by atoms with Gasteiger partial charge < -0.3 is 9.84 Å². The smallest absolute Gasteiger partial charge is 0.193 e. The summed E-state index contributed by atoms with van der Waals surface area (Å²) in [7, 11) is 1.50. The number of carbonyl (C=O) groups excluding carboxylic acids is 1. The van der Waals surface area contributed by atoms with Crippen LogP contribution in [0.3, 0.4) is 0 Å². The molecule has 4 nitrogen and oxygen atoms in total. The van der Waals surface area contributed by atoms with Gasteiger partial charge in [-0.05, 0) is 36.4 Å². The number of methoxy groups -OCH3 is 1. The summed E-state index contributed by atoms with van der Waals surface area (Å²) in [5.74, 6) is 0.416. The molecule has 0 atom stereocenters. The molecule has 0 aliphatic rings. The molecule has 0 aliphatic carbocycles. The Hall–Kier alpha value is -3.40. The Morgan fingerprint density at radius 2 is 1.60 bits per heavy atom. The van der Waals surface area contributed by atoms with E-state index in [1.165, 1.54) is 7.11 Å². The number of carbonyl (C=O) groups is 1. The molecule has 0 bridgehead atoms. The molecule has 3 aromatic rings. The van der Waals surface area contributed by atoms with Crippen molar-refractivity contribution in [1.29, 1.82) is 0 Å². The van der Waals surface area contributed by atoms with Crippen LogP contribution in [0.25, 0.3) is 0 Å². The Morgan fingerprint density at radius 1 is 0.920 bits per heavy atom. The summed E-state index contributed by atoms with van der Waals surface area (Å²) in [5, 5.41) is 10.0. The summed E-state index contributed by atoms with van der Waals surface area (Å²) in [5.41, 5.74) is 2.50. The molecular formula is C21H17NO3. The second kappa shape index (κ2) is 7.45. The van der Waals surface area contributed by atoms with Gasteiger partial charge in [-0.2, -0.15) is 0 Å². The second-order valence-corrected chi connectivity index (χ2v) is 5.40. The molecule has 0 aliphatic heterocycles. The monoisotopic (exact) mass is 331 g/mol. The van der Waals surface area contributed by atoms with Crippen molar-refractivity contribution < 1.29 is 14.6 Å². The minimum atomic E-state index is -0.0263. The summed E-state index contributed by atoms with van der Waals surface area (Å²) in [6.07, 6.45) is 1.56. The van der Waals surface area contributed by atoms with E-state index in [9.17, 15) is 9.90 Å². The van der Waals surface area contributed by atoms with Crippen molar-refractivity contribution in [2.45, 2.75) is 0 Å². The fraction of sp³-hybridized carbons (Fsp3) is 0.0476. The molecule has 1 N–H and O–H groups in total. The Bertz CT molecular complexity index is 900. The van der Waals surface area contributed by atoms with Crippen LogP contribution in [0.4, 0.5) is 5.69 Å². The number of ether oxygens (including phenoxy) is 1. The minimum absolute atomic E-state index is 0.0263. The number of phenols is 1. The number of aromatic hydroxyl groups is 1. The summed E-state index contributed by atoms with van der Waals surface area (Å²) in [4.78, 5) is 16.7. The van der Waals surface area contributed by atoms with Crippen LogP contribution in [0.15, 0.2) is 77.8 Å². The van der Waals surface area contributed by atoms with Gasteiger partial charge in [-0.3, -0.25) is 9.79 Å². The van der Waals surface area contributed by atoms with Crippen LogP contribution in [0.5, 0.6) is 11.5 Å². The number of ketones is 1. The third-order valence-corrected chi connectivity index (χ3v) is 3.77. The van der Waals surface area contributed by atoms with Gasteiger partial charge in [-0.15, -0.1) is 0 Å². The summed E-state index contributed by atoms with van der Waals surface area (Å²) in [6.45, 7) is 0. The highest BCUT2D eigenvalue weighted by atomic mass is 16.5.